The molecular formula is C19H26O. The molecule has 0 fully saturated rings. The molecule has 0 saturated carbocycles. The Morgan fingerprint density at radius 2 is 1.60 bits per heavy atom. The van der Waals surface area contributed by atoms with Crippen LogP contribution in [0.25, 0.3) is 5.57 Å². The second kappa shape index (κ2) is 4.80. The molecule has 0 saturated heterocycles. The summed E-state index contributed by atoms with van der Waals surface area (Å²) in [6, 6.07) is 4.26. The number of phenolic OH excluding ortho intramolecular Hbond substituents is 1. The van der Waals surface area contributed by atoms with E-state index in [0.717, 1.165) is 17.5 Å². The van der Waals surface area contributed by atoms with Crippen LogP contribution in [0.2, 0.25) is 0 Å². The van der Waals surface area contributed by atoms with Crippen LogP contribution < -0.4 is 0 Å². The highest BCUT2D eigenvalue weighted by Gasteiger charge is 2.29. The largest absolute Gasteiger partial charge is 0.507 e. The zero-order valence-electron chi connectivity index (χ0n) is 13.5. The second-order valence-corrected chi connectivity index (χ2v) is 7.71. The summed E-state index contributed by atoms with van der Waals surface area (Å²) in [6.45, 7) is 13.1. The summed E-state index contributed by atoms with van der Waals surface area (Å²) in [5.41, 5.74) is 4.45. The molecule has 0 heterocycles. The molecule has 0 radical (unpaired) electrons. The van der Waals surface area contributed by atoms with Gasteiger partial charge in [-0.05, 0) is 28.4 Å². The third-order valence-corrected chi connectivity index (χ3v) is 3.85. The van der Waals surface area contributed by atoms with Gasteiger partial charge in [-0.1, -0.05) is 71.9 Å². The number of hydrogen-bond acceptors (Lipinski definition) is 1. The minimum Gasteiger partial charge on any atom is -0.507 e. The molecule has 108 valence electrons. The molecule has 20 heavy (non-hydrogen) atoms. The predicted molar refractivity (Wildman–Crippen MR) is 87.2 cm³/mol. The fourth-order valence-corrected chi connectivity index (χ4v) is 2.88. The molecule has 1 aliphatic carbocycles. The van der Waals surface area contributed by atoms with Gasteiger partial charge in [0.1, 0.15) is 5.75 Å². The zero-order valence-corrected chi connectivity index (χ0v) is 13.5. The lowest BCUT2D eigenvalue weighted by molar-refractivity contribution is 0.434. The SMILES string of the molecule is CC(C)(C)c1ccc(C2=CC=CC2)c(O)c1C(C)(C)C. The van der Waals surface area contributed by atoms with Crippen LogP contribution in [0.1, 0.15) is 64.7 Å². The minimum atomic E-state index is -0.0741. The van der Waals surface area contributed by atoms with Crippen LogP contribution in [0.3, 0.4) is 0 Å². The van der Waals surface area contributed by atoms with E-state index in [1.165, 1.54) is 11.1 Å². The van der Waals surface area contributed by atoms with Gasteiger partial charge in [-0.2, -0.15) is 0 Å². The van der Waals surface area contributed by atoms with E-state index in [0.29, 0.717) is 5.75 Å². The first-order chi connectivity index (χ1) is 9.12. The minimum absolute atomic E-state index is 0.0287. The molecule has 1 N–H and O–H groups in total. The van der Waals surface area contributed by atoms with Crippen molar-refractivity contribution in [2.45, 2.75) is 58.8 Å². The van der Waals surface area contributed by atoms with E-state index in [9.17, 15) is 5.11 Å². The van der Waals surface area contributed by atoms with Crippen LogP contribution in [-0.4, -0.2) is 5.11 Å². The van der Waals surface area contributed by atoms with E-state index in [1.807, 2.05) is 0 Å². The molecule has 1 aliphatic rings. The topological polar surface area (TPSA) is 20.2 Å². The highest BCUT2D eigenvalue weighted by atomic mass is 16.3. The van der Waals surface area contributed by atoms with Crippen LogP contribution in [0.5, 0.6) is 5.75 Å². The van der Waals surface area contributed by atoms with Crippen LogP contribution in [-0.2, 0) is 10.8 Å². The van der Waals surface area contributed by atoms with Gasteiger partial charge in [-0.25, -0.2) is 0 Å². The van der Waals surface area contributed by atoms with E-state index in [2.05, 4.69) is 71.9 Å². The van der Waals surface area contributed by atoms with Gasteiger partial charge in [0.05, 0.1) is 0 Å². The van der Waals surface area contributed by atoms with Gasteiger partial charge in [0, 0.05) is 11.1 Å². The number of phenols is 1. The summed E-state index contributed by atoms with van der Waals surface area (Å²) in [4.78, 5) is 0. The maximum Gasteiger partial charge on any atom is 0.127 e. The Labute approximate surface area is 123 Å². The Balaban J connectivity index is 2.68. The number of aromatic hydroxyl groups is 1. The lowest BCUT2D eigenvalue weighted by Crippen LogP contribution is -2.22. The van der Waals surface area contributed by atoms with Crippen molar-refractivity contribution < 1.29 is 5.11 Å². The lowest BCUT2D eigenvalue weighted by atomic mass is 9.73. The third kappa shape index (κ3) is 2.67. The maximum atomic E-state index is 10.9. The van der Waals surface area contributed by atoms with Crippen molar-refractivity contribution in [3.05, 3.63) is 47.1 Å². The van der Waals surface area contributed by atoms with Crippen molar-refractivity contribution >= 4 is 5.57 Å². The third-order valence-electron chi connectivity index (χ3n) is 3.85. The van der Waals surface area contributed by atoms with Crippen molar-refractivity contribution in [2.75, 3.05) is 0 Å². The first-order valence-electron chi connectivity index (χ1n) is 7.35. The van der Waals surface area contributed by atoms with Gasteiger partial charge in [0.25, 0.3) is 0 Å². The monoisotopic (exact) mass is 270 g/mol. The Morgan fingerprint density at radius 1 is 0.950 bits per heavy atom. The Bertz CT molecular complexity index is 575. The maximum absolute atomic E-state index is 10.9. The highest BCUT2D eigenvalue weighted by Crippen LogP contribution is 2.43. The van der Waals surface area contributed by atoms with Gasteiger partial charge in [0.2, 0.25) is 0 Å². The van der Waals surface area contributed by atoms with Gasteiger partial charge in [-0.3, -0.25) is 0 Å². The molecule has 0 aliphatic heterocycles. The van der Waals surface area contributed by atoms with E-state index in [1.54, 1.807) is 0 Å². The Kier molecular flexibility index (Phi) is 3.58. The van der Waals surface area contributed by atoms with Gasteiger partial charge in [0.15, 0.2) is 0 Å². The average Bonchev–Trinajstić information content (AvgIpc) is 2.78. The fraction of sp³-hybridized carbons (Fsp3) is 0.474. The molecule has 0 unspecified atom stereocenters. The molecule has 2 rings (SSSR count). The van der Waals surface area contributed by atoms with Gasteiger partial charge >= 0.3 is 0 Å². The van der Waals surface area contributed by atoms with Gasteiger partial charge in [-0.15, -0.1) is 0 Å². The number of allylic oxidation sites excluding steroid dienone is 4. The van der Waals surface area contributed by atoms with E-state index in [4.69, 9.17) is 0 Å². The molecule has 1 nitrogen and oxygen atoms in total. The summed E-state index contributed by atoms with van der Waals surface area (Å²) >= 11 is 0. The number of hydrogen-bond donors (Lipinski definition) is 1. The molecule has 1 heteroatoms. The molecule has 0 atom stereocenters. The molecular weight excluding hydrogens is 244 g/mol. The molecule has 1 aromatic rings. The van der Waals surface area contributed by atoms with Crippen molar-refractivity contribution in [3.63, 3.8) is 0 Å². The first kappa shape index (κ1) is 14.9. The van der Waals surface area contributed by atoms with Crippen molar-refractivity contribution in [2.24, 2.45) is 0 Å². The molecule has 1 aromatic carbocycles. The summed E-state index contributed by atoms with van der Waals surface area (Å²) in [7, 11) is 0. The van der Waals surface area contributed by atoms with Crippen LogP contribution in [0.4, 0.5) is 0 Å². The molecule has 0 amide bonds. The summed E-state index contributed by atoms with van der Waals surface area (Å²) < 4.78 is 0. The summed E-state index contributed by atoms with van der Waals surface area (Å²) in [5.74, 6) is 0.458. The summed E-state index contributed by atoms with van der Waals surface area (Å²) in [5, 5.41) is 10.9. The van der Waals surface area contributed by atoms with Gasteiger partial charge < -0.3 is 5.11 Å². The Morgan fingerprint density at radius 3 is 2.05 bits per heavy atom. The van der Waals surface area contributed by atoms with Crippen LogP contribution in [0, 0.1) is 0 Å². The van der Waals surface area contributed by atoms with Crippen molar-refractivity contribution in [3.8, 4) is 5.75 Å². The average molecular weight is 270 g/mol. The quantitative estimate of drug-likeness (QED) is 0.731. The van der Waals surface area contributed by atoms with Crippen LogP contribution >= 0.6 is 0 Å². The number of benzene rings is 1. The van der Waals surface area contributed by atoms with Crippen LogP contribution in [0.15, 0.2) is 30.4 Å². The molecule has 0 bridgehead atoms. The number of rotatable bonds is 1. The predicted octanol–water partition coefficient (Wildman–Crippen LogP) is 5.33. The highest BCUT2D eigenvalue weighted by molar-refractivity contribution is 5.76. The molecule has 0 spiro atoms. The van der Waals surface area contributed by atoms with Crippen molar-refractivity contribution in [1.82, 2.24) is 0 Å². The first-order valence-corrected chi connectivity index (χ1v) is 7.35. The van der Waals surface area contributed by atoms with E-state index in [-0.39, 0.29) is 10.8 Å². The smallest absolute Gasteiger partial charge is 0.127 e. The molecule has 0 aromatic heterocycles. The van der Waals surface area contributed by atoms with E-state index >= 15 is 0 Å². The Hall–Kier alpha value is -1.50. The normalized spacial score (nSPS) is 15.6. The van der Waals surface area contributed by atoms with E-state index < -0.39 is 0 Å². The lowest BCUT2D eigenvalue weighted by Gasteiger charge is -2.31. The standard InChI is InChI=1S/C19H26O/c1-18(2,3)15-12-11-14(13-9-7-8-10-13)17(20)16(15)19(4,5)6/h7-9,11-12,20H,10H2,1-6H3. The summed E-state index contributed by atoms with van der Waals surface area (Å²) in [6.07, 6.45) is 7.19. The van der Waals surface area contributed by atoms with Crippen molar-refractivity contribution in [1.29, 1.82) is 0 Å². The zero-order chi connectivity index (χ0) is 15.1. The fourth-order valence-electron chi connectivity index (χ4n) is 2.88. The second-order valence-electron chi connectivity index (χ2n) is 7.71.